The third-order valence-corrected chi connectivity index (χ3v) is 2.20. The summed E-state index contributed by atoms with van der Waals surface area (Å²) >= 11 is 3.04. The average Bonchev–Trinajstić information content (AvgIpc) is 2.16. The van der Waals surface area contributed by atoms with Gasteiger partial charge in [-0.2, -0.15) is 0 Å². The minimum absolute atomic E-state index is 0.0845. The molecule has 1 aromatic carbocycles. The Kier molecular flexibility index (Phi) is 3.52. The molecule has 1 atom stereocenters. The molecule has 0 spiro atoms. The minimum Gasteiger partial charge on any atom is -0.298 e. The zero-order valence-corrected chi connectivity index (χ0v) is 9.05. The molecule has 0 fully saturated rings. The van der Waals surface area contributed by atoms with Crippen molar-refractivity contribution in [3.05, 3.63) is 35.1 Å². The quantitative estimate of drug-likeness (QED) is 0.475. The van der Waals surface area contributed by atoms with Gasteiger partial charge in [0.05, 0.1) is 10.4 Å². The number of hydrogen-bond donors (Lipinski definition) is 0. The van der Waals surface area contributed by atoms with Crippen molar-refractivity contribution in [2.24, 2.45) is 0 Å². The second kappa shape index (κ2) is 4.46. The Balaban J connectivity index is 3.30. The second-order valence-electron chi connectivity index (χ2n) is 2.80. The molecule has 14 heavy (non-hydrogen) atoms. The molecule has 2 nitrogen and oxygen atoms in total. The highest BCUT2D eigenvalue weighted by atomic mass is 79.9. The van der Waals surface area contributed by atoms with Crippen LogP contribution >= 0.6 is 15.9 Å². The monoisotopic (exact) mass is 258 g/mol. The molecule has 0 bridgehead atoms. The number of Topliss-reactive ketones (excluding diaryl/α,β-unsaturated/α-hetero) is 1. The van der Waals surface area contributed by atoms with Crippen LogP contribution in [-0.4, -0.2) is 16.9 Å². The highest BCUT2D eigenvalue weighted by Crippen LogP contribution is 2.17. The largest absolute Gasteiger partial charge is 0.298 e. The first-order valence-electron chi connectivity index (χ1n) is 4.00. The Morgan fingerprint density at radius 2 is 2.21 bits per heavy atom. The lowest BCUT2D eigenvalue weighted by Crippen LogP contribution is -2.14. The van der Waals surface area contributed by atoms with Crippen molar-refractivity contribution in [3.8, 4) is 0 Å². The van der Waals surface area contributed by atoms with Crippen molar-refractivity contribution in [2.45, 2.75) is 11.8 Å². The molecular weight excluding hydrogens is 251 g/mol. The summed E-state index contributed by atoms with van der Waals surface area (Å²) in [5.74, 6) is -1.09. The topological polar surface area (TPSA) is 34.1 Å². The number of hydrogen-bond acceptors (Lipinski definition) is 2. The van der Waals surface area contributed by atoms with Crippen LogP contribution in [0.4, 0.5) is 4.39 Å². The van der Waals surface area contributed by atoms with Crippen molar-refractivity contribution < 1.29 is 14.0 Å². The lowest BCUT2D eigenvalue weighted by molar-refractivity contribution is 0.0985. The summed E-state index contributed by atoms with van der Waals surface area (Å²) < 4.78 is 13.2. The van der Waals surface area contributed by atoms with Crippen molar-refractivity contribution in [3.63, 3.8) is 0 Å². The molecule has 0 heterocycles. The van der Waals surface area contributed by atoms with Crippen molar-refractivity contribution in [1.29, 1.82) is 0 Å². The van der Waals surface area contributed by atoms with Crippen molar-refractivity contribution in [1.82, 2.24) is 0 Å². The molecule has 1 unspecified atom stereocenters. The predicted octanol–water partition coefficient (Wildman–Crippen LogP) is 2.60. The number of aldehydes is 1. The maximum Gasteiger partial charge on any atom is 0.179 e. The van der Waals surface area contributed by atoms with Gasteiger partial charge in [0.1, 0.15) is 5.82 Å². The van der Waals surface area contributed by atoms with E-state index in [1.807, 2.05) is 0 Å². The van der Waals surface area contributed by atoms with Gasteiger partial charge in [0.25, 0.3) is 0 Å². The molecule has 74 valence electrons. The Bertz CT molecular complexity index is 374. The lowest BCUT2D eigenvalue weighted by Gasteiger charge is -2.06. The van der Waals surface area contributed by atoms with Gasteiger partial charge in [-0.1, -0.05) is 28.1 Å². The summed E-state index contributed by atoms with van der Waals surface area (Å²) in [5, 5.41) is 0. The van der Waals surface area contributed by atoms with E-state index in [0.717, 1.165) is 6.07 Å². The lowest BCUT2D eigenvalue weighted by atomic mass is 10.0. The third kappa shape index (κ3) is 2.07. The molecule has 0 aliphatic rings. The second-order valence-corrected chi connectivity index (χ2v) is 4.18. The first-order chi connectivity index (χ1) is 6.57. The Morgan fingerprint density at radius 1 is 1.57 bits per heavy atom. The van der Waals surface area contributed by atoms with Gasteiger partial charge in [0, 0.05) is 5.56 Å². The molecule has 0 aliphatic carbocycles. The maximum absolute atomic E-state index is 13.2. The van der Waals surface area contributed by atoms with E-state index in [1.54, 1.807) is 6.92 Å². The summed E-state index contributed by atoms with van der Waals surface area (Å²) in [6.07, 6.45) is 0.478. The van der Waals surface area contributed by atoms with Crippen LogP contribution in [0.2, 0.25) is 0 Å². The van der Waals surface area contributed by atoms with Crippen LogP contribution in [0.5, 0.6) is 0 Å². The number of halogens is 2. The standard InChI is InChI=1S/C10H8BrFO2/c1-6(11)10(14)9-7(5-13)3-2-4-8(9)12/h2-6H,1H3. The number of carbonyl (C=O) groups is 2. The number of ketones is 1. The maximum atomic E-state index is 13.2. The predicted molar refractivity (Wildman–Crippen MR) is 54.5 cm³/mol. The first kappa shape index (κ1) is 11.0. The van der Waals surface area contributed by atoms with Crippen LogP contribution in [0.1, 0.15) is 27.6 Å². The summed E-state index contributed by atoms with van der Waals surface area (Å²) in [6, 6.07) is 3.98. The molecule has 0 aromatic heterocycles. The summed E-state index contributed by atoms with van der Waals surface area (Å²) in [6.45, 7) is 1.59. The zero-order valence-electron chi connectivity index (χ0n) is 7.46. The van der Waals surface area contributed by atoms with E-state index < -0.39 is 16.4 Å². The Labute approximate surface area is 89.2 Å². The average molecular weight is 259 g/mol. The van der Waals surface area contributed by atoms with E-state index in [-0.39, 0.29) is 11.1 Å². The molecule has 0 saturated carbocycles. The molecule has 0 radical (unpaired) electrons. The summed E-state index contributed by atoms with van der Waals surface area (Å²) in [4.78, 5) is 21.6. The van der Waals surface area contributed by atoms with Crippen LogP contribution in [0.3, 0.4) is 0 Å². The molecule has 0 N–H and O–H groups in total. The molecule has 0 amide bonds. The molecule has 0 saturated heterocycles. The minimum atomic E-state index is -0.661. The summed E-state index contributed by atoms with van der Waals surface area (Å²) in [5.41, 5.74) is -0.0619. The van der Waals surface area contributed by atoms with Crippen LogP contribution < -0.4 is 0 Å². The fraction of sp³-hybridized carbons (Fsp3) is 0.200. The summed E-state index contributed by atoms with van der Waals surface area (Å²) in [7, 11) is 0. The van der Waals surface area contributed by atoms with Crippen LogP contribution in [0.15, 0.2) is 18.2 Å². The van der Waals surface area contributed by atoms with Gasteiger partial charge in [-0.05, 0) is 13.0 Å². The van der Waals surface area contributed by atoms with E-state index in [0.29, 0.717) is 6.29 Å². The van der Waals surface area contributed by atoms with Gasteiger partial charge in [0.15, 0.2) is 12.1 Å². The van der Waals surface area contributed by atoms with Crippen LogP contribution in [0.25, 0.3) is 0 Å². The van der Waals surface area contributed by atoms with E-state index in [9.17, 15) is 14.0 Å². The smallest absolute Gasteiger partial charge is 0.179 e. The zero-order chi connectivity index (χ0) is 10.7. The highest BCUT2D eigenvalue weighted by Gasteiger charge is 2.19. The molecule has 4 heteroatoms. The normalized spacial score (nSPS) is 12.2. The third-order valence-electron chi connectivity index (χ3n) is 1.78. The number of benzene rings is 1. The van der Waals surface area contributed by atoms with Gasteiger partial charge in [-0.25, -0.2) is 4.39 Å². The SMILES string of the molecule is CC(Br)C(=O)c1c(F)cccc1C=O. The van der Waals surface area contributed by atoms with Gasteiger partial charge < -0.3 is 0 Å². The Morgan fingerprint density at radius 3 is 2.71 bits per heavy atom. The number of alkyl halides is 1. The highest BCUT2D eigenvalue weighted by molar-refractivity contribution is 9.10. The molecule has 1 aromatic rings. The molecule has 1 rings (SSSR count). The van der Waals surface area contributed by atoms with Crippen LogP contribution in [-0.2, 0) is 0 Å². The molecular formula is C10H8BrFO2. The number of carbonyl (C=O) groups excluding carboxylic acids is 2. The molecule has 0 aliphatic heterocycles. The van der Waals surface area contributed by atoms with E-state index >= 15 is 0 Å². The van der Waals surface area contributed by atoms with E-state index in [4.69, 9.17) is 0 Å². The van der Waals surface area contributed by atoms with Crippen LogP contribution in [0, 0.1) is 5.82 Å². The first-order valence-corrected chi connectivity index (χ1v) is 4.91. The Hall–Kier alpha value is -1.03. The number of rotatable bonds is 3. The van der Waals surface area contributed by atoms with Gasteiger partial charge in [-0.3, -0.25) is 9.59 Å². The van der Waals surface area contributed by atoms with E-state index in [1.165, 1.54) is 12.1 Å². The van der Waals surface area contributed by atoms with Gasteiger partial charge >= 0.3 is 0 Å². The fourth-order valence-electron chi connectivity index (χ4n) is 1.10. The van der Waals surface area contributed by atoms with Crippen molar-refractivity contribution >= 4 is 28.0 Å². The van der Waals surface area contributed by atoms with Gasteiger partial charge in [-0.15, -0.1) is 0 Å². The fourth-order valence-corrected chi connectivity index (χ4v) is 1.33. The van der Waals surface area contributed by atoms with Crippen molar-refractivity contribution in [2.75, 3.05) is 0 Å². The van der Waals surface area contributed by atoms with Gasteiger partial charge in [0.2, 0.25) is 0 Å². The van der Waals surface area contributed by atoms with E-state index in [2.05, 4.69) is 15.9 Å².